The lowest BCUT2D eigenvalue weighted by Gasteiger charge is -2.22. The third kappa shape index (κ3) is 3.20. The summed E-state index contributed by atoms with van der Waals surface area (Å²) < 4.78 is 0. The number of fused-ring (bicyclic) bond motifs is 1. The van der Waals surface area contributed by atoms with Gasteiger partial charge < -0.3 is 5.32 Å². The Morgan fingerprint density at radius 2 is 1.50 bits per heavy atom. The molecule has 0 unspecified atom stereocenters. The Balaban J connectivity index is 1.73. The first kappa shape index (κ1) is 15.3. The molecule has 3 aromatic rings. The van der Waals surface area contributed by atoms with E-state index in [1.807, 2.05) is 11.8 Å². The summed E-state index contributed by atoms with van der Waals surface area (Å²) in [5, 5.41) is 4.23. The summed E-state index contributed by atoms with van der Waals surface area (Å²) in [6, 6.07) is 28.8. The van der Waals surface area contributed by atoms with Crippen LogP contribution in [0.2, 0.25) is 0 Å². The smallest absolute Gasteiger partial charge is 0.0528 e. The molecule has 4 rings (SSSR count). The maximum atomic E-state index is 3.77. The maximum absolute atomic E-state index is 3.77. The van der Waals surface area contributed by atoms with Gasteiger partial charge in [-0.15, -0.1) is 11.8 Å². The van der Waals surface area contributed by atoms with Crippen LogP contribution in [-0.2, 0) is 0 Å². The number of benzene rings is 3. The molecule has 1 N–H and O–H groups in total. The third-order valence-electron chi connectivity index (χ3n) is 4.59. The summed E-state index contributed by atoms with van der Waals surface area (Å²) in [6.07, 6.45) is 1.08. The van der Waals surface area contributed by atoms with Crippen LogP contribution in [0.25, 0.3) is 0 Å². The van der Waals surface area contributed by atoms with E-state index in [1.54, 1.807) is 0 Å². The number of para-hydroxylation sites is 1. The second kappa shape index (κ2) is 6.74. The highest BCUT2D eigenvalue weighted by molar-refractivity contribution is 7.99. The standard InChI is InChI=1S/C22H21NS/c1-16-11-13-17(14-12-16)20-15-22(18-7-3-2-4-8-18)24-21-10-6-5-9-19(21)23-20/h2-14,20,22-23H,15H2,1H3/t20-,22-/m0/s1. The predicted octanol–water partition coefficient (Wildman–Crippen LogP) is 6.39. The number of thioether (sulfide) groups is 1. The summed E-state index contributed by atoms with van der Waals surface area (Å²) in [6.45, 7) is 2.14. The lowest BCUT2D eigenvalue weighted by atomic mass is 9.97. The molecule has 0 radical (unpaired) electrons. The maximum Gasteiger partial charge on any atom is 0.0528 e. The minimum Gasteiger partial charge on any atom is -0.377 e. The van der Waals surface area contributed by atoms with Crippen molar-refractivity contribution in [3.63, 3.8) is 0 Å². The molecule has 0 bridgehead atoms. The summed E-state index contributed by atoms with van der Waals surface area (Å²) in [7, 11) is 0. The van der Waals surface area contributed by atoms with Crippen molar-refractivity contribution in [2.75, 3.05) is 5.32 Å². The van der Waals surface area contributed by atoms with Gasteiger partial charge in [-0.1, -0.05) is 72.3 Å². The van der Waals surface area contributed by atoms with Crippen molar-refractivity contribution in [3.05, 3.63) is 95.6 Å². The molecule has 0 aliphatic carbocycles. The van der Waals surface area contributed by atoms with Gasteiger partial charge in [0.25, 0.3) is 0 Å². The highest BCUT2D eigenvalue weighted by Gasteiger charge is 2.25. The molecule has 1 aliphatic heterocycles. The van der Waals surface area contributed by atoms with Gasteiger partial charge in [0.05, 0.1) is 6.04 Å². The van der Waals surface area contributed by atoms with E-state index in [0.717, 1.165) is 6.42 Å². The summed E-state index contributed by atoms with van der Waals surface area (Å²) in [5.74, 6) is 0. The molecule has 2 heteroatoms. The molecule has 0 saturated carbocycles. The normalized spacial score (nSPS) is 19.9. The minimum atomic E-state index is 0.326. The molecule has 0 fully saturated rings. The number of rotatable bonds is 2. The van der Waals surface area contributed by atoms with Gasteiger partial charge in [0, 0.05) is 15.8 Å². The molecule has 1 heterocycles. The molecule has 0 amide bonds. The zero-order chi connectivity index (χ0) is 16.4. The van der Waals surface area contributed by atoms with Crippen LogP contribution in [0.4, 0.5) is 5.69 Å². The Hall–Kier alpha value is -2.19. The van der Waals surface area contributed by atoms with Crippen LogP contribution in [0.5, 0.6) is 0 Å². The first-order chi connectivity index (χ1) is 11.8. The first-order valence-corrected chi connectivity index (χ1v) is 9.31. The zero-order valence-electron chi connectivity index (χ0n) is 13.8. The van der Waals surface area contributed by atoms with E-state index in [1.165, 1.54) is 27.3 Å². The lowest BCUT2D eigenvalue weighted by Crippen LogP contribution is -2.11. The van der Waals surface area contributed by atoms with Gasteiger partial charge in [0.1, 0.15) is 0 Å². The molecule has 1 aliphatic rings. The molecular formula is C22H21NS. The van der Waals surface area contributed by atoms with E-state index < -0.39 is 0 Å². The average molecular weight is 331 g/mol. The van der Waals surface area contributed by atoms with Crippen LogP contribution in [-0.4, -0.2) is 0 Å². The highest BCUT2D eigenvalue weighted by Crippen LogP contribution is 2.47. The Morgan fingerprint density at radius 3 is 2.29 bits per heavy atom. The van der Waals surface area contributed by atoms with Crippen molar-refractivity contribution in [1.29, 1.82) is 0 Å². The third-order valence-corrected chi connectivity index (χ3v) is 5.95. The highest BCUT2D eigenvalue weighted by atomic mass is 32.2. The molecule has 0 aromatic heterocycles. The zero-order valence-corrected chi connectivity index (χ0v) is 14.6. The van der Waals surface area contributed by atoms with E-state index in [4.69, 9.17) is 0 Å². The van der Waals surface area contributed by atoms with Crippen molar-refractivity contribution < 1.29 is 0 Å². The van der Waals surface area contributed by atoms with E-state index in [2.05, 4.69) is 91.1 Å². The van der Waals surface area contributed by atoms with E-state index >= 15 is 0 Å². The molecule has 120 valence electrons. The fourth-order valence-electron chi connectivity index (χ4n) is 3.24. The van der Waals surface area contributed by atoms with E-state index in [0.29, 0.717) is 11.3 Å². The van der Waals surface area contributed by atoms with Crippen LogP contribution >= 0.6 is 11.8 Å². The topological polar surface area (TPSA) is 12.0 Å². The fourth-order valence-corrected chi connectivity index (χ4v) is 4.54. The van der Waals surface area contributed by atoms with Crippen molar-refractivity contribution in [2.45, 2.75) is 29.5 Å². The monoisotopic (exact) mass is 331 g/mol. The van der Waals surface area contributed by atoms with Crippen LogP contribution in [0.1, 0.15) is 34.4 Å². The summed E-state index contributed by atoms with van der Waals surface area (Å²) >= 11 is 1.97. The Labute approximate surface area is 148 Å². The molecule has 2 atom stereocenters. The van der Waals surface area contributed by atoms with Crippen LogP contribution in [0.3, 0.4) is 0 Å². The second-order valence-electron chi connectivity index (χ2n) is 6.36. The quantitative estimate of drug-likeness (QED) is 0.584. The number of anilines is 1. The predicted molar refractivity (Wildman–Crippen MR) is 104 cm³/mol. The van der Waals surface area contributed by atoms with E-state index in [-0.39, 0.29) is 0 Å². The van der Waals surface area contributed by atoms with Crippen LogP contribution < -0.4 is 5.32 Å². The van der Waals surface area contributed by atoms with Crippen molar-refractivity contribution in [1.82, 2.24) is 0 Å². The average Bonchev–Trinajstić information content (AvgIpc) is 2.83. The van der Waals surface area contributed by atoms with Crippen molar-refractivity contribution in [3.8, 4) is 0 Å². The Morgan fingerprint density at radius 1 is 0.792 bits per heavy atom. The van der Waals surface area contributed by atoms with Gasteiger partial charge in [-0.3, -0.25) is 0 Å². The lowest BCUT2D eigenvalue weighted by molar-refractivity contribution is 0.687. The molecule has 0 spiro atoms. The van der Waals surface area contributed by atoms with Gasteiger partial charge >= 0.3 is 0 Å². The largest absolute Gasteiger partial charge is 0.377 e. The van der Waals surface area contributed by atoms with Gasteiger partial charge in [-0.05, 0) is 36.6 Å². The number of nitrogens with one attached hydrogen (secondary N) is 1. The van der Waals surface area contributed by atoms with Crippen LogP contribution in [0.15, 0.2) is 83.8 Å². The molecular weight excluding hydrogens is 310 g/mol. The number of hydrogen-bond acceptors (Lipinski definition) is 2. The van der Waals surface area contributed by atoms with Gasteiger partial charge in [0.15, 0.2) is 0 Å². The van der Waals surface area contributed by atoms with Gasteiger partial charge in [-0.25, -0.2) is 0 Å². The van der Waals surface area contributed by atoms with E-state index in [9.17, 15) is 0 Å². The SMILES string of the molecule is Cc1ccc([C@@H]2C[C@@H](c3ccccc3)Sc3ccccc3N2)cc1. The number of hydrogen-bond donors (Lipinski definition) is 1. The van der Waals surface area contributed by atoms with Gasteiger partial charge in [-0.2, -0.15) is 0 Å². The Bertz CT molecular complexity index is 811. The number of aryl methyl sites for hydroxylation is 1. The molecule has 1 nitrogen and oxygen atoms in total. The molecule has 0 saturated heterocycles. The van der Waals surface area contributed by atoms with Crippen LogP contribution in [0, 0.1) is 6.92 Å². The Kier molecular flexibility index (Phi) is 4.31. The summed E-state index contributed by atoms with van der Waals surface area (Å²) in [5.41, 5.74) is 5.31. The summed E-state index contributed by atoms with van der Waals surface area (Å²) in [4.78, 5) is 1.33. The second-order valence-corrected chi connectivity index (χ2v) is 7.60. The fraction of sp³-hybridized carbons (Fsp3) is 0.182. The molecule has 3 aromatic carbocycles. The first-order valence-electron chi connectivity index (χ1n) is 8.43. The van der Waals surface area contributed by atoms with Crippen molar-refractivity contribution >= 4 is 17.4 Å². The molecule has 24 heavy (non-hydrogen) atoms. The minimum absolute atomic E-state index is 0.326. The van der Waals surface area contributed by atoms with Crippen molar-refractivity contribution in [2.24, 2.45) is 0 Å². The van der Waals surface area contributed by atoms with Gasteiger partial charge in [0.2, 0.25) is 0 Å².